The van der Waals surface area contributed by atoms with Crippen LogP contribution in [0.4, 0.5) is 0 Å². The maximum atomic E-state index is 7.16. The standard InChI is InChI=1S/C78H52N2O2Si2/c1-5-24-59(25-6-1)83(60-26-7-2-8-27-60)75-49-55(40-44-71(75)81-73-46-42-57(51-77(73)83)79-67-36-17-13-32-63(67)64-33-14-18-37-68(64)79)53-22-21-23-54(48-53)56-41-45-72-76(50-56)84(61-28-9-3-10-29-61,62-30-11-4-12-31-62)78-52-58(43-47-74(78)82-72)80-69-38-19-15-34-65(69)66-35-16-20-39-70(66)80/h1-52H. The lowest BCUT2D eigenvalue weighted by molar-refractivity contribution is 0.487. The summed E-state index contributed by atoms with van der Waals surface area (Å²) in [5.41, 5.74) is 11.5. The van der Waals surface area contributed by atoms with Crippen molar-refractivity contribution in [1.82, 2.24) is 9.13 Å². The van der Waals surface area contributed by atoms with E-state index in [1.807, 2.05) is 0 Å². The summed E-state index contributed by atoms with van der Waals surface area (Å²) in [6.45, 7) is 0. The smallest absolute Gasteiger partial charge is 0.188 e. The first-order chi connectivity index (χ1) is 41.6. The highest BCUT2D eigenvalue weighted by atomic mass is 28.3. The lowest BCUT2D eigenvalue weighted by atomic mass is 9.99. The summed E-state index contributed by atoms with van der Waals surface area (Å²) in [6.07, 6.45) is 0. The Morgan fingerprint density at radius 3 is 0.821 bits per heavy atom. The fourth-order valence-electron chi connectivity index (χ4n) is 14.4. The summed E-state index contributed by atoms with van der Waals surface area (Å²) in [5.74, 6) is 3.58. The van der Waals surface area contributed by atoms with Gasteiger partial charge in [0.25, 0.3) is 0 Å². The minimum atomic E-state index is -3.12. The minimum Gasteiger partial charge on any atom is -0.458 e. The molecule has 84 heavy (non-hydrogen) atoms. The monoisotopic (exact) mass is 1100 g/mol. The number of fused-ring (bicyclic) bond motifs is 10. The van der Waals surface area contributed by atoms with Gasteiger partial charge in [0.05, 0.1) is 22.1 Å². The first-order valence-electron chi connectivity index (χ1n) is 28.9. The van der Waals surface area contributed by atoms with Crippen LogP contribution in [0.5, 0.6) is 23.0 Å². The molecule has 0 aliphatic carbocycles. The van der Waals surface area contributed by atoms with Crippen molar-refractivity contribution in [2.45, 2.75) is 0 Å². The fourth-order valence-corrected chi connectivity index (χ4v) is 24.4. The van der Waals surface area contributed by atoms with Crippen molar-refractivity contribution in [2.75, 3.05) is 0 Å². The molecule has 0 saturated carbocycles. The Hall–Kier alpha value is -10.5. The van der Waals surface area contributed by atoms with E-state index in [1.165, 1.54) is 85.1 Å². The molecule has 0 unspecified atom stereocenters. The summed E-state index contributed by atoms with van der Waals surface area (Å²) >= 11 is 0. The highest BCUT2D eigenvalue weighted by molar-refractivity contribution is 7.21. The lowest BCUT2D eigenvalue weighted by Gasteiger charge is -2.40. The molecular formula is C78H52N2O2Si2. The molecule has 0 atom stereocenters. The van der Waals surface area contributed by atoms with Crippen LogP contribution in [0.2, 0.25) is 0 Å². The number of benzene rings is 13. The lowest BCUT2D eigenvalue weighted by Crippen LogP contribution is -2.76. The van der Waals surface area contributed by atoms with Crippen molar-refractivity contribution in [2.24, 2.45) is 0 Å². The average molecular weight is 1110 g/mol. The van der Waals surface area contributed by atoms with Gasteiger partial charge >= 0.3 is 0 Å². The Bertz CT molecular complexity index is 4590. The zero-order valence-corrected chi connectivity index (χ0v) is 47.7. The molecular weight excluding hydrogens is 1050 g/mol. The highest BCUT2D eigenvalue weighted by Crippen LogP contribution is 2.40. The van der Waals surface area contributed by atoms with E-state index in [2.05, 4.69) is 325 Å². The second-order valence-electron chi connectivity index (χ2n) is 22.3. The number of nitrogens with zero attached hydrogens (tertiary/aromatic N) is 2. The van der Waals surface area contributed by atoms with Crippen molar-refractivity contribution in [1.29, 1.82) is 0 Å². The van der Waals surface area contributed by atoms with Crippen molar-refractivity contribution < 1.29 is 9.47 Å². The van der Waals surface area contributed by atoms with Crippen LogP contribution in [0, 0.1) is 0 Å². The quantitative estimate of drug-likeness (QED) is 0.142. The van der Waals surface area contributed by atoms with E-state index in [0.717, 1.165) is 56.6 Å². The fraction of sp³-hybridized carbons (Fsp3) is 0. The van der Waals surface area contributed by atoms with Crippen LogP contribution >= 0.6 is 0 Å². The summed E-state index contributed by atoms with van der Waals surface area (Å²) in [5, 5.41) is 15.1. The topological polar surface area (TPSA) is 28.3 Å². The predicted octanol–water partition coefficient (Wildman–Crippen LogP) is 14.2. The molecule has 394 valence electrons. The Labute approximate surface area is 489 Å². The summed E-state index contributed by atoms with van der Waals surface area (Å²) in [4.78, 5) is 0. The first kappa shape index (κ1) is 48.2. The van der Waals surface area contributed by atoms with Crippen LogP contribution in [0.1, 0.15) is 0 Å². The molecule has 0 spiro atoms. The van der Waals surface area contributed by atoms with Crippen LogP contribution in [0.25, 0.3) is 77.2 Å². The minimum absolute atomic E-state index is 0.894. The summed E-state index contributed by atoms with van der Waals surface area (Å²) < 4.78 is 19.2. The van der Waals surface area contributed by atoms with Crippen molar-refractivity contribution >= 4 is 101 Å². The van der Waals surface area contributed by atoms with Gasteiger partial charge in [0.2, 0.25) is 0 Å². The normalized spacial score (nSPS) is 13.6. The molecule has 6 heteroatoms. The van der Waals surface area contributed by atoms with Gasteiger partial charge in [0.1, 0.15) is 23.0 Å². The molecule has 2 aliphatic rings. The Balaban J connectivity index is 0.841. The second kappa shape index (κ2) is 19.0. The molecule has 0 saturated heterocycles. The molecule has 4 heterocycles. The van der Waals surface area contributed by atoms with E-state index < -0.39 is 16.1 Å². The number of para-hydroxylation sites is 4. The number of hydrogen-bond donors (Lipinski definition) is 0. The van der Waals surface area contributed by atoms with Crippen LogP contribution < -0.4 is 51.0 Å². The molecule has 2 aliphatic heterocycles. The van der Waals surface area contributed by atoms with Crippen molar-refractivity contribution in [3.05, 3.63) is 315 Å². The van der Waals surface area contributed by atoms with Gasteiger partial charge in [-0.2, -0.15) is 0 Å². The molecule has 15 aromatic rings. The number of hydrogen-bond acceptors (Lipinski definition) is 2. The molecule has 0 N–H and O–H groups in total. The van der Waals surface area contributed by atoms with Gasteiger partial charge in [-0.1, -0.05) is 237 Å². The van der Waals surface area contributed by atoms with Gasteiger partial charge in [-0.3, -0.25) is 0 Å². The number of ether oxygens (including phenoxy) is 2. The van der Waals surface area contributed by atoms with Crippen LogP contribution in [0.3, 0.4) is 0 Å². The van der Waals surface area contributed by atoms with Crippen LogP contribution in [-0.2, 0) is 0 Å². The zero-order chi connectivity index (χ0) is 55.3. The average Bonchev–Trinajstić information content (AvgIpc) is 1.04. The molecule has 0 radical (unpaired) electrons. The maximum absolute atomic E-state index is 7.16. The zero-order valence-electron chi connectivity index (χ0n) is 45.7. The molecule has 0 amide bonds. The molecule has 0 bridgehead atoms. The van der Waals surface area contributed by atoms with Gasteiger partial charge in [-0.25, -0.2) is 0 Å². The Morgan fingerprint density at radius 1 is 0.214 bits per heavy atom. The van der Waals surface area contributed by atoms with Crippen molar-refractivity contribution in [3.63, 3.8) is 0 Å². The van der Waals surface area contributed by atoms with E-state index in [0.29, 0.717) is 0 Å². The van der Waals surface area contributed by atoms with Crippen molar-refractivity contribution in [3.8, 4) is 56.6 Å². The third-order valence-corrected chi connectivity index (χ3v) is 27.6. The SMILES string of the molecule is c1ccc([Si]2(c3ccccc3)c3cc(-c4cccc(-c5ccc6c(c5)[Si](c5ccccc5)(c5ccccc5)c5cc(-n7c8ccccc8c8ccccc87)ccc5O6)c4)ccc3Oc3ccc(-n4c5ccccc5c5ccccc54)cc32)cc1. The van der Waals surface area contributed by atoms with E-state index in [1.54, 1.807) is 0 Å². The molecule has 17 rings (SSSR count). The highest BCUT2D eigenvalue weighted by Gasteiger charge is 2.50. The Morgan fingerprint density at radius 2 is 0.488 bits per heavy atom. The maximum Gasteiger partial charge on any atom is 0.188 e. The third-order valence-electron chi connectivity index (χ3n) is 18.0. The second-order valence-corrected chi connectivity index (χ2v) is 29.7. The molecule has 2 aromatic heterocycles. The number of aromatic nitrogens is 2. The third kappa shape index (κ3) is 7.11. The molecule has 0 fully saturated rings. The molecule has 4 nitrogen and oxygen atoms in total. The number of rotatable bonds is 8. The van der Waals surface area contributed by atoms with Gasteiger partial charge in [0, 0.05) is 32.9 Å². The summed E-state index contributed by atoms with van der Waals surface area (Å²) in [6, 6.07) is 117. The van der Waals surface area contributed by atoms with Gasteiger partial charge in [0.15, 0.2) is 16.1 Å². The largest absolute Gasteiger partial charge is 0.458 e. The van der Waals surface area contributed by atoms with E-state index in [4.69, 9.17) is 9.47 Å². The first-order valence-corrected chi connectivity index (χ1v) is 32.9. The van der Waals surface area contributed by atoms with Crippen LogP contribution in [0.15, 0.2) is 315 Å². The summed E-state index contributed by atoms with van der Waals surface area (Å²) in [7, 11) is -6.24. The van der Waals surface area contributed by atoms with Crippen LogP contribution in [-0.4, -0.2) is 25.3 Å². The predicted molar refractivity (Wildman–Crippen MR) is 353 cm³/mol. The van der Waals surface area contributed by atoms with E-state index >= 15 is 0 Å². The van der Waals surface area contributed by atoms with Gasteiger partial charge in [-0.15, -0.1) is 0 Å². The van der Waals surface area contributed by atoms with Gasteiger partial charge < -0.3 is 18.6 Å². The Kier molecular flexibility index (Phi) is 10.9. The van der Waals surface area contributed by atoms with E-state index in [9.17, 15) is 0 Å². The van der Waals surface area contributed by atoms with E-state index in [-0.39, 0.29) is 0 Å². The molecule has 13 aromatic carbocycles. The van der Waals surface area contributed by atoms with Gasteiger partial charge in [-0.05, 0) is 143 Å².